The Labute approximate surface area is 152 Å². The third kappa shape index (κ3) is 3.00. The van der Waals surface area contributed by atoms with E-state index in [1.165, 1.54) is 12.1 Å². The molecule has 0 radical (unpaired) electrons. The third-order valence-electron chi connectivity index (χ3n) is 5.60. The van der Waals surface area contributed by atoms with E-state index in [9.17, 15) is 9.18 Å². The smallest absolute Gasteiger partial charge is 0.225 e. The highest BCUT2D eigenvalue weighted by Crippen LogP contribution is 2.39. The minimum Gasteiger partial charge on any atom is -0.358 e. The first-order chi connectivity index (χ1) is 12.6. The fraction of sp³-hybridized carbons (Fsp3) is 0.318. The van der Waals surface area contributed by atoms with Gasteiger partial charge in [0.2, 0.25) is 5.91 Å². The molecular weight excluding hydrogens is 327 g/mol. The van der Waals surface area contributed by atoms with Crippen LogP contribution >= 0.6 is 0 Å². The van der Waals surface area contributed by atoms with E-state index in [4.69, 9.17) is 0 Å². The van der Waals surface area contributed by atoms with Gasteiger partial charge >= 0.3 is 0 Å². The van der Waals surface area contributed by atoms with Crippen LogP contribution in [0.2, 0.25) is 0 Å². The third-order valence-corrected chi connectivity index (χ3v) is 5.60. The average molecular weight is 350 g/mol. The Kier molecular flexibility index (Phi) is 4.27. The first-order valence-electron chi connectivity index (χ1n) is 9.21. The van der Waals surface area contributed by atoms with Gasteiger partial charge < -0.3 is 10.3 Å². The highest BCUT2D eigenvalue weighted by Gasteiger charge is 2.37. The molecule has 0 aliphatic heterocycles. The summed E-state index contributed by atoms with van der Waals surface area (Å²) in [6, 6.07) is 14.6. The average Bonchev–Trinajstić information content (AvgIpc) is 3.21. The number of fused-ring (bicyclic) bond motifs is 1. The van der Waals surface area contributed by atoms with Crippen molar-refractivity contribution in [2.45, 2.75) is 44.6 Å². The molecule has 1 aliphatic rings. The monoisotopic (exact) mass is 350 g/mol. The van der Waals surface area contributed by atoms with Crippen LogP contribution in [-0.2, 0) is 16.8 Å². The molecule has 3 nitrogen and oxygen atoms in total. The van der Waals surface area contributed by atoms with Crippen LogP contribution in [0.25, 0.3) is 10.9 Å². The van der Waals surface area contributed by atoms with E-state index in [0.29, 0.717) is 6.42 Å². The number of aromatic nitrogens is 1. The summed E-state index contributed by atoms with van der Waals surface area (Å²) in [5.41, 5.74) is 3.77. The molecule has 4 heteroatoms. The molecule has 1 saturated carbocycles. The number of carbonyl (C=O) groups is 1. The summed E-state index contributed by atoms with van der Waals surface area (Å²) in [7, 11) is 0. The Morgan fingerprint density at radius 2 is 1.81 bits per heavy atom. The zero-order valence-corrected chi connectivity index (χ0v) is 14.9. The number of rotatable bonds is 4. The summed E-state index contributed by atoms with van der Waals surface area (Å²) in [6.07, 6.45) is 4.29. The standard InChI is InChI=1S/C22H23FN2O/c1-15-19(18-6-2-3-7-20(18)24-15)14-21(26)25-22(12-4-5-13-22)16-8-10-17(23)11-9-16/h2-3,6-11,24H,4-5,12-14H2,1H3,(H,25,26). The lowest BCUT2D eigenvalue weighted by atomic mass is 9.87. The number of carbonyl (C=O) groups excluding carboxylic acids is 1. The minimum atomic E-state index is -0.370. The highest BCUT2D eigenvalue weighted by atomic mass is 19.1. The maximum absolute atomic E-state index is 13.3. The molecule has 4 rings (SSSR count). The van der Waals surface area contributed by atoms with E-state index in [1.54, 1.807) is 12.1 Å². The van der Waals surface area contributed by atoms with Gasteiger partial charge in [0.1, 0.15) is 5.82 Å². The lowest BCUT2D eigenvalue weighted by molar-refractivity contribution is -0.122. The van der Waals surface area contributed by atoms with Crippen LogP contribution in [0.4, 0.5) is 4.39 Å². The quantitative estimate of drug-likeness (QED) is 0.701. The van der Waals surface area contributed by atoms with Gasteiger partial charge in [0.15, 0.2) is 0 Å². The summed E-state index contributed by atoms with van der Waals surface area (Å²) in [4.78, 5) is 16.3. The van der Waals surface area contributed by atoms with Gasteiger partial charge in [-0.05, 0) is 49.1 Å². The van der Waals surface area contributed by atoms with Gasteiger partial charge in [0.25, 0.3) is 0 Å². The SMILES string of the molecule is Cc1[nH]c2ccccc2c1CC(=O)NC1(c2ccc(F)cc2)CCCC1. The number of para-hydroxylation sites is 1. The molecule has 2 N–H and O–H groups in total. The van der Waals surface area contributed by atoms with Gasteiger partial charge in [-0.25, -0.2) is 4.39 Å². The van der Waals surface area contributed by atoms with E-state index in [1.807, 2.05) is 31.2 Å². The largest absolute Gasteiger partial charge is 0.358 e. The molecule has 1 heterocycles. The predicted molar refractivity (Wildman–Crippen MR) is 101 cm³/mol. The normalized spacial score (nSPS) is 16.1. The summed E-state index contributed by atoms with van der Waals surface area (Å²) in [5.74, 6) is -0.230. The molecule has 3 aromatic rings. The zero-order chi connectivity index (χ0) is 18.1. The number of benzene rings is 2. The number of H-pyrrole nitrogens is 1. The summed E-state index contributed by atoms with van der Waals surface area (Å²) in [5, 5.41) is 4.38. The highest BCUT2D eigenvalue weighted by molar-refractivity contribution is 5.90. The van der Waals surface area contributed by atoms with Gasteiger partial charge in [-0.15, -0.1) is 0 Å². The summed E-state index contributed by atoms with van der Waals surface area (Å²) in [6.45, 7) is 2.01. The Morgan fingerprint density at radius 1 is 1.12 bits per heavy atom. The van der Waals surface area contributed by atoms with Crippen molar-refractivity contribution in [3.63, 3.8) is 0 Å². The number of aryl methyl sites for hydroxylation is 1. The number of amides is 1. The lowest BCUT2D eigenvalue weighted by Crippen LogP contribution is -2.44. The van der Waals surface area contributed by atoms with Gasteiger partial charge in [-0.2, -0.15) is 0 Å². The first kappa shape index (κ1) is 16.8. The van der Waals surface area contributed by atoms with E-state index < -0.39 is 0 Å². The molecular formula is C22H23FN2O. The van der Waals surface area contributed by atoms with Crippen LogP contribution in [0.1, 0.15) is 42.5 Å². The van der Waals surface area contributed by atoms with Crippen molar-refractivity contribution in [2.24, 2.45) is 0 Å². The van der Waals surface area contributed by atoms with Crippen LogP contribution in [0.15, 0.2) is 48.5 Å². The van der Waals surface area contributed by atoms with Gasteiger partial charge in [-0.1, -0.05) is 43.2 Å². The Morgan fingerprint density at radius 3 is 2.54 bits per heavy atom. The number of nitrogens with one attached hydrogen (secondary N) is 2. The molecule has 1 aromatic heterocycles. The first-order valence-corrected chi connectivity index (χ1v) is 9.21. The van der Waals surface area contributed by atoms with Crippen molar-refractivity contribution in [1.29, 1.82) is 0 Å². The van der Waals surface area contributed by atoms with Crippen LogP contribution < -0.4 is 5.32 Å². The lowest BCUT2D eigenvalue weighted by Gasteiger charge is -2.31. The van der Waals surface area contributed by atoms with E-state index in [0.717, 1.165) is 53.4 Å². The van der Waals surface area contributed by atoms with Crippen molar-refractivity contribution in [3.05, 3.63) is 71.2 Å². The topological polar surface area (TPSA) is 44.9 Å². The van der Waals surface area contributed by atoms with Crippen molar-refractivity contribution in [3.8, 4) is 0 Å². The van der Waals surface area contributed by atoms with Crippen molar-refractivity contribution >= 4 is 16.8 Å². The molecule has 26 heavy (non-hydrogen) atoms. The van der Waals surface area contributed by atoms with Gasteiger partial charge in [0.05, 0.1) is 12.0 Å². The number of halogens is 1. The Balaban J connectivity index is 1.59. The second kappa shape index (κ2) is 6.60. The van der Waals surface area contributed by atoms with Crippen LogP contribution in [0.3, 0.4) is 0 Å². The van der Waals surface area contributed by atoms with Crippen molar-refractivity contribution in [1.82, 2.24) is 10.3 Å². The molecule has 0 saturated heterocycles. The van der Waals surface area contributed by atoms with Crippen LogP contribution in [0, 0.1) is 12.7 Å². The fourth-order valence-corrected chi connectivity index (χ4v) is 4.27. The van der Waals surface area contributed by atoms with E-state index >= 15 is 0 Å². The summed E-state index contributed by atoms with van der Waals surface area (Å²) >= 11 is 0. The molecule has 0 spiro atoms. The molecule has 1 amide bonds. The van der Waals surface area contributed by atoms with Crippen molar-refractivity contribution in [2.75, 3.05) is 0 Å². The Bertz CT molecular complexity index is 936. The van der Waals surface area contributed by atoms with Crippen molar-refractivity contribution < 1.29 is 9.18 Å². The van der Waals surface area contributed by atoms with E-state index in [-0.39, 0.29) is 17.3 Å². The maximum Gasteiger partial charge on any atom is 0.225 e. The number of hydrogen-bond donors (Lipinski definition) is 2. The maximum atomic E-state index is 13.3. The molecule has 1 fully saturated rings. The number of aromatic amines is 1. The Hall–Kier alpha value is -2.62. The molecule has 134 valence electrons. The van der Waals surface area contributed by atoms with Crippen LogP contribution in [-0.4, -0.2) is 10.9 Å². The fourth-order valence-electron chi connectivity index (χ4n) is 4.27. The summed E-state index contributed by atoms with van der Waals surface area (Å²) < 4.78 is 13.3. The number of hydrogen-bond acceptors (Lipinski definition) is 1. The second-order valence-corrected chi connectivity index (χ2v) is 7.30. The van der Waals surface area contributed by atoms with Crippen LogP contribution in [0.5, 0.6) is 0 Å². The van der Waals surface area contributed by atoms with Gasteiger partial charge in [-0.3, -0.25) is 4.79 Å². The second-order valence-electron chi connectivity index (χ2n) is 7.30. The molecule has 0 bridgehead atoms. The molecule has 2 aromatic carbocycles. The zero-order valence-electron chi connectivity index (χ0n) is 14.9. The minimum absolute atomic E-state index is 0.0177. The molecule has 0 unspecified atom stereocenters. The molecule has 1 aliphatic carbocycles. The van der Waals surface area contributed by atoms with E-state index in [2.05, 4.69) is 10.3 Å². The predicted octanol–water partition coefficient (Wildman–Crippen LogP) is 4.74. The molecule has 0 atom stereocenters. The van der Waals surface area contributed by atoms with Gasteiger partial charge in [0, 0.05) is 16.6 Å².